The summed E-state index contributed by atoms with van der Waals surface area (Å²) < 4.78 is 29.0. The van der Waals surface area contributed by atoms with E-state index >= 15 is 0 Å². The molecule has 3 aliphatic heterocycles. The number of rotatable bonds is 6. The number of carbonyl (C=O) groups is 1. The summed E-state index contributed by atoms with van der Waals surface area (Å²) in [7, 11) is -2.85. The first-order chi connectivity index (χ1) is 15.2. The lowest BCUT2D eigenvalue weighted by molar-refractivity contribution is -0.124. The minimum atomic E-state index is -2.85. The van der Waals surface area contributed by atoms with Crippen molar-refractivity contribution in [2.24, 2.45) is 11.8 Å². The Labute approximate surface area is 196 Å². The van der Waals surface area contributed by atoms with Gasteiger partial charge in [-0.1, -0.05) is 6.92 Å². The van der Waals surface area contributed by atoms with E-state index in [1.165, 1.54) is 10.4 Å². The van der Waals surface area contributed by atoms with Crippen molar-refractivity contribution < 1.29 is 17.9 Å². The second-order valence-corrected chi connectivity index (χ2v) is 13.9. The lowest BCUT2D eigenvalue weighted by Crippen LogP contribution is -2.54. The molecule has 32 heavy (non-hydrogen) atoms. The van der Waals surface area contributed by atoms with Crippen LogP contribution in [0.3, 0.4) is 0 Å². The molecule has 0 bridgehead atoms. The molecule has 1 saturated carbocycles. The van der Waals surface area contributed by atoms with Crippen LogP contribution in [0.5, 0.6) is 0 Å². The van der Waals surface area contributed by atoms with Crippen molar-refractivity contribution in [3.8, 4) is 0 Å². The van der Waals surface area contributed by atoms with Crippen LogP contribution in [-0.2, 0) is 37.8 Å². The predicted molar refractivity (Wildman–Crippen MR) is 127 cm³/mol. The largest absolute Gasteiger partial charge is 0.370 e. The lowest BCUT2D eigenvalue weighted by atomic mass is 9.76. The Morgan fingerprint density at radius 2 is 2.09 bits per heavy atom. The molecule has 0 unspecified atom stereocenters. The third-order valence-electron chi connectivity index (χ3n) is 8.01. The molecule has 8 heteroatoms. The van der Waals surface area contributed by atoms with E-state index in [1.807, 2.05) is 11.3 Å². The van der Waals surface area contributed by atoms with E-state index in [-0.39, 0.29) is 35.0 Å². The highest BCUT2D eigenvalue weighted by Gasteiger charge is 2.45. The van der Waals surface area contributed by atoms with Crippen molar-refractivity contribution in [2.45, 2.75) is 76.5 Å². The summed E-state index contributed by atoms with van der Waals surface area (Å²) in [4.78, 5) is 17.8. The van der Waals surface area contributed by atoms with E-state index in [0.29, 0.717) is 18.4 Å². The maximum Gasteiger partial charge on any atom is 0.220 e. The number of piperidine rings is 1. The molecular weight excluding hydrogens is 444 g/mol. The van der Waals surface area contributed by atoms with E-state index in [2.05, 4.69) is 30.1 Å². The molecule has 3 fully saturated rings. The fraction of sp³-hybridized carbons (Fsp3) is 0.792. The van der Waals surface area contributed by atoms with Crippen molar-refractivity contribution in [1.29, 1.82) is 0 Å². The quantitative estimate of drug-likeness (QED) is 0.678. The molecule has 0 radical (unpaired) electrons. The van der Waals surface area contributed by atoms with Gasteiger partial charge in [-0.05, 0) is 62.5 Å². The number of carbonyl (C=O) groups excluding carboxylic acids is 1. The first kappa shape index (κ1) is 22.8. The standard InChI is InChI=1S/C24H36N2O4S2/c1-3-20-11-21-22(31-20)4-7-30-24(21)5-6-26(16(2)12-24)13-17-8-19(9-17)25-23(27)10-18-14-32(28,29)15-18/h11,16-19H,3-10,12-15H2,1-2H3,(H,25,27)/t16-,17?,19?,24+/m0/s1. The van der Waals surface area contributed by atoms with Gasteiger partial charge in [0.05, 0.1) is 23.7 Å². The van der Waals surface area contributed by atoms with Gasteiger partial charge in [0.2, 0.25) is 5.91 Å². The highest BCUT2D eigenvalue weighted by molar-refractivity contribution is 7.92. The van der Waals surface area contributed by atoms with E-state index in [9.17, 15) is 13.2 Å². The summed E-state index contributed by atoms with van der Waals surface area (Å²) in [5, 5.41) is 3.12. The Balaban J connectivity index is 1.08. The predicted octanol–water partition coefficient (Wildman–Crippen LogP) is 2.89. The molecule has 1 spiro atoms. The van der Waals surface area contributed by atoms with Crippen molar-refractivity contribution >= 4 is 27.1 Å². The Kier molecular flexibility index (Phi) is 6.18. The molecule has 1 aromatic rings. The molecule has 1 aromatic heterocycles. The number of nitrogens with one attached hydrogen (secondary N) is 1. The monoisotopic (exact) mass is 480 g/mol. The molecule has 6 nitrogen and oxygen atoms in total. The second-order valence-electron chi connectivity index (χ2n) is 10.5. The molecule has 0 aromatic carbocycles. The van der Waals surface area contributed by atoms with Gasteiger partial charge < -0.3 is 15.0 Å². The number of hydrogen-bond acceptors (Lipinski definition) is 6. The van der Waals surface area contributed by atoms with Crippen LogP contribution >= 0.6 is 11.3 Å². The third kappa shape index (κ3) is 4.52. The van der Waals surface area contributed by atoms with Gasteiger partial charge in [-0.3, -0.25) is 4.79 Å². The molecule has 1 N–H and O–H groups in total. The van der Waals surface area contributed by atoms with Gasteiger partial charge in [-0.15, -0.1) is 11.3 Å². The zero-order chi connectivity index (χ0) is 22.5. The first-order valence-electron chi connectivity index (χ1n) is 12.2. The van der Waals surface area contributed by atoms with Gasteiger partial charge in [0, 0.05) is 47.8 Å². The Hall–Kier alpha value is -0.960. The molecule has 1 aliphatic carbocycles. The molecule has 178 valence electrons. The summed E-state index contributed by atoms with van der Waals surface area (Å²) in [5.41, 5.74) is 1.39. The van der Waals surface area contributed by atoms with E-state index in [0.717, 1.165) is 58.2 Å². The van der Waals surface area contributed by atoms with Crippen LogP contribution in [-0.4, -0.2) is 62.5 Å². The normalized spacial score (nSPS) is 34.5. The Bertz CT molecular complexity index is 957. The first-order valence-corrected chi connectivity index (χ1v) is 14.9. The van der Waals surface area contributed by atoms with Crippen LogP contribution in [0, 0.1) is 11.8 Å². The molecule has 4 heterocycles. The van der Waals surface area contributed by atoms with Crippen molar-refractivity contribution in [2.75, 3.05) is 31.2 Å². The SMILES string of the molecule is CCc1cc2c(s1)CCO[C@@]21CCN(CC2CC(NC(=O)CC3CS(=O)(=O)C3)C2)[C@@H](C)C1. The second kappa shape index (κ2) is 8.67. The minimum Gasteiger partial charge on any atom is -0.370 e. The van der Waals surface area contributed by atoms with Crippen LogP contribution in [0.1, 0.15) is 61.3 Å². The molecule has 2 saturated heterocycles. The number of aryl methyl sites for hydroxylation is 1. The summed E-state index contributed by atoms with van der Waals surface area (Å²) in [6, 6.07) is 3.17. The van der Waals surface area contributed by atoms with Crippen LogP contribution in [0.25, 0.3) is 0 Å². The average Bonchev–Trinajstić information content (AvgIpc) is 3.12. The summed E-state index contributed by atoms with van der Waals surface area (Å²) in [6.45, 7) is 7.60. The highest BCUT2D eigenvalue weighted by atomic mass is 32.2. The smallest absolute Gasteiger partial charge is 0.220 e. The van der Waals surface area contributed by atoms with Gasteiger partial charge in [0.15, 0.2) is 9.84 Å². The third-order valence-corrected chi connectivity index (χ3v) is 11.3. The van der Waals surface area contributed by atoms with E-state index < -0.39 is 9.84 Å². The molecule has 1 amide bonds. The molecule has 2 atom stereocenters. The Morgan fingerprint density at radius 1 is 1.31 bits per heavy atom. The summed E-state index contributed by atoms with van der Waals surface area (Å²) in [6.07, 6.45) is 6.73. The van der Waals surface area contributed by atoms with Gasteiger partial charge in [0.25, 0.3) is 0 Å². The highest BCUT2D eigenvalue weighted by Crippen LogP contribution is 2.46. The van der Waals surface area contributed by atoms with Crippen LogP contribution in [0.4, 0.5) is 0 Å². The summed E-state index contributed by atoms with van der Waals surface area (Å²) >= 11 is 1.98. The van der Waals surface area contributed by atoms with Gasteiger partial charge in [-0.2, -0.15) is 0 Å². The maximum absolute atomic E-state index is 12.2. The van der Waals surface area contributed by atoms with Crippen LogP contribution in [0.2, 0.25) is 0 Å². The summed E-state index contributed by atoms with van der Waals surface area (Å²) in [5.74, 6) is 1.04. The topological polar surface area (TPSA) is 75.7 Å². The van der Waals surface area contributed by atoms with Crippen molar-refractivity contribution in [3.05, 3.63) is 21.4 Å². The van der Waals surface area contributed by atoms with Gasteiger partial charge >= 0.3 is 0 Å². The number of hydrogen-bond donors (Lipinski definition) is 1. The van der Waals surface area contributed by atoms with E-state index in [1.54, 1.807) is 4.88 Å². The van der Waals surface area contributed by atoms with Crippen LogP contribution < -0.4 is 5.32 Å². The van der Waals surface area contributed by atoms with E-state index in [4.69, 9.17) is 4.74 Å². The van der Waals surface area contributed by atoms with Gasteiger partial charge in [0.1, 0.15) is 0 Å². The number of fused-ring (bicyclic) bond motifs is 2. The van der Waals surface area contributed by atoms with Crippen molar-refractivity contribution in [3.63, 3.8) is 0 Å². The van der Waals surface area contributed by atoms with Crippen molar-refractivity contribution in [1.82, 2.24) is 10.2 Å². The number of sulfone groups is 1. The minimum absolute atomic E-state index is 0.0223. The fourth-order valence-corrected chi connectivity index (χ4v) is 8.97. The zero-order valence-corrected chi connectivity index (χ0v) is 20.9. The van der Waals surface area contributed by atoms with Crippen LogP contribution in [0.15, 0.2) is 6.07 Å². The maximum atomic E-state index is 12.2. The number of likely N-dealkylation sites (tertiary alicyclic amines) is 1. The molecular formula is C24H36N2O4S2. The number of ether oxygens (including phenoxy) is 1. The average molecular weight is 481 g/mol. The zero-order valence-electron chi connectivity index (χ0n) is 19.3. The number of amides is 1. The number of thiophene rings is 1. The Morgan fingerprint density at radius 3 is 2.78 bits per heavy atom. The molecule has 4 aliphatic rings. The number of nitrogens with zero attached hydrogens (tertiary/aromatic N) is 1. The molecule has 5 rings (SSSR count). The van der Waals surface area contributed by atoms with Gasteiger partial charge in [-0.25, -0.2) is 8.42 Å². The fourth-order valence-electron chi connectivity index (χ4n) is 6.22. The lowest BCUT2D eigenvalue weighted by Gasteiger charge is -2.49.